The fraction of sp³-hybridized carbons (Fsp3) is 0.533. The molecule has 5 nitrogen and oxygen atoms in total. The molecule has 1 heterocycles. The van der Waals surface area contributed by atoms with Crippen LogP contribution in [-0.2, 0) is 29.4 Å². The molecule has 1 aromatic carbocycles. The number of rotatable bonds is 5. The maximum atomic E-state index is 13.2. The van der Waals surface area contributed by atoms with E-state index in [1.165, 1.54) is 13.0 Å². The summed E-state index contributed by atoms with van der Waals surface area (Å²) in [5, 5.41) is 0. The van der Waals surface area contributed by atoms with E-state index in [1.54, 1.807) is 11.5 Å². The standard InChI is InChI=1S/C15H19F3N2O3S/c1-4-19-11(3)20(6-5-7-24(21,22)23)14-9-12(15(16,17)18)10(2)8-13(14)19/h8-9H,4-7H2,1-3H3. The highest BCUT2D eigenvalue weighted by Gasteiger charge is 2.35. The maximum Gasteiger partial charge on any atom is 0.416 e. The molecule has 0 spiro atoms. The number of imidazole rings is 1. The molecular formula is C15H19F3N2O3S. The number of hydrogen-bond acceptors (Lipinski definition) is 3. The zero-order chi connectivity index (χ0) is 18.3. The van der Waals surface area contributed by atoms with Gasteiger partial charge in [-0.3, -0.25) is 0 Å². The van der Waals surface area contributed by atoms with Crippen LogP contribution in [0.5, 0.6) is 0 Å². The van der Waals surface area contributed by atoms with E-state index in [-0.39, 0.29) is 18.5 Å². The lowest BCUT2D eigenvalue weighted by atomic mass is 10.1. The highest BCUT2D eigenvalue weighted by atomic mass is 32.2. The fourth-order valence-electron chi connectivity index (χ4n) is 2.99. The van der Waals surface area contributed by atoms with Gasteiger partial charge in [0.05, 0.1) is 28.8 Å². The average Bonchev–Trinajstić information content (AvgIpc) is 2.67. The van der Waals surface area contributed by atoms with E-state index in [1.807, 2.05) is 11.5 Å². The molecule has 0 radical (unpaired) electrons. The van der Waals surface area contributed by atoms with Crippen molar-refractivity contribution in [1.82, 2.24) is 4.57 Å². The number of fused-ring (bicyclic) bond motifs is 1. The van der Waals surface area contributed by atoms with Crippen LogP contribution in [0.1, 0.15) is 30.3 Å². The van der Waals surface area contributed by atoms with Crippen LogP contribution >= 0.6 is 0 Å². The van der Waals surface area contributed by atoms with Crippen LogP contribution in [0.15, 0.2) is 12.1 Å². The molecule has 0 N–H and O–H groups in total. The van der Waals surface area contributed by atoms with Gasteiger partial charge in [0.1, 0.15) is 0 Å². The predicted octanol–water partition coefficient (Wildman–Crippen LogP) is 2.52. The Kier molecular flexibility index (Phi) is 4.96. The van der Waals surface area contributed by atoms with Crippen molar-refractivity contribution in [2.75, 3.05) is 5.75 Å². The van der Waals surface area contributed by atoms with Gasteiger partial charge in [0.25, 0.3) is 5.82 Å². The number of aromatic nitrogens is 2. The molecule has 0 bridgehead atoms. The van der Waals surface area contributed by atoms with E-state index < -0.39 is 27.6 Å². The van der Waals surface area contributed by atoms with Gasteiger partial charge in [0.2, 0.25) is 0 Å². The first-order valence-electron chi connectivity index (χ1n) is 7.49. The summed E-state index contributed by atoms with van der Waals surface area (Å²) in [6, 6.07) is 2.59. The summed E-state index contributed by atoms with van der Waals surface area (Å²) in [6.45, 7) is 5.79. The molecule has 0 fully saturated rings. The quantitative estimate of drug-likeness (QED) is 0.605. The normalized spacial score (nSPS) is 13.0. The SMILES string of the molecule is CCn1c(C)[n+](CCCS(=O)(=O)[O-])c2cc(C(F)(F)F)c(C)cc21. The lowest BCUT2D eigenvalue weighted by molar-refractivity contribution is -0.678. The Labute approximate surface area is 138 Å². The summed E-state index contributed by atoms with van der Waals surface area (Å²) in [7, 11) is -4.35. The van der Waals surface area contributed by atoms with Crippen molar-refractivity contribution < 1.29 is 30.7 Å². The number of hydrogen-bond donors (Lipinski definition) is 0. The van der Waals surface area contributed by atoms with Gasteiger partial charge in [-0.25, -0.2) is 17.6 Å². The molecule has 9 heteroatoms. The number of aryl methyl sites for hydroxylation is 3. The highest BCUT2D eigenvalue weighted by molar-refractivity contribution is 7.85. The Morgan fingerprint density at radius 1 is 1.25 bits per heavy atom. The Hall–Kier alpha value is -1.61. The molecule has 2 aromatic rings. The Morgan fingerprint density at radius 3 is 2.38 bits per heavy atom. The van der Waals surface area contributed by atoms with Crippen molar-refractivity contribution >= 4 is 21.2 Å². The third-order valence-electron chi connectivity index (χ3n) is 4.08. The molecule has 24 heavy (non-hydrogen) atoms. The van der Waals surface area contributed by atoms with Gasteiger partial charge >= 0.3 is 6.18 Å². The first-order valence-corrected chi connectivity index (χ1v) is 9.07. The summed E-state index contributed by atoms with van der Waals surface area (Å²) in [6.07, 6.45) is -4.41. The number of alkyl halides is 3. The molecule has 0 aliphatic carbocycles. The van der Waals surface area contributed by atoms with E-state index in [4.69, 9.17) is 0 Å². The number of benzene rings is 1. The van der Waals surface area contributed by atoms with Crippen LogP contribution in [0, 0.1) is 13.8 Å². The van der Waals surface area contributed by atoms with Crippen molar-refractivity contribution in [3.8, 4) is 0 Å². The largest absolute Gasteiger partial charge is 0.748 e. The van der Waals surface area contributed by atoms with Crippen LogP contribution in [-0.4, -0.2) is 23.3 Å². The summed E-state index contributed by atoms with van der Waals surface area (Å²) in [4.78, 5) is 0. The molecule has 1 aromatic heterocycles. The van der Waals surface area contributed by atoms with E-state index in [0.29, 0.717) is 17.6 Å². The van der Waals surface area contributed by atoms with Crippen LogP contribution in [0.4, 0.5) is 13.2 Å². The van der Waals surface area contributed by atoms with E-state index in [2.05, 4.69) is 0 Å². The predicted molar refractivity (Wildman–Crippen MR) is 81.5 cm³/mol. The van der Waals surface area contributed by atoms with Crippen molar-refractivity contribution in [3.05, 3.63) is 29.1 Å². The number of halogens is 3. The first-order chi connectivity index (χ1) is 11.0. The molecule has 0 unspecified atom stereocenters. The van der Waals surface area contributed by atoms with Crippen molar-refractivity contribution in [2.24, 2.45) is 0 Å². The van der Waals surface area contributed by atoms with Gasteiger partial charge in [-0.05, 0) is 31.9 Å². The summed E-state index contributed by atoms with van der Waals surface area (Å²) in [5.74, 6) is 0.172. The van der Waals surface area contributed by atoms with E-state index >= 15 is 0 Å². The van der Waals surface area contributed by atoms with Crippen LogP contribution in [0.2, 0.25) is 0 Å². The second kappa shape index (κ2) is 6.36. The van der Waals surface area contributed by atoms with E-state index in [0.717, 1.165) is 11.9 Å². The van der Waals surface area contributed by atoms with Crippen LogP contribution < -0.4 is 4.57 Å². The molecule has 0 aliphatic heterocycles. The first kappa shape index (κ1) is 18.7. The van der Waals surface area contributed by atoms with Crippen molar-refractivity contribution in [2.45, 2.75) is 46.5 Å². The molecule has 0 amide bonds. The number of nitrogens with zero attached hydrogens (tertiary/aromatic N) is 2. The lowest BCUT2D eigenvalue weighted by Gasteiger charge is -2.10. The summed E-state index contributed by atoms with van der Waals surface area (Å²) in [5.41, 5.74) is 0.464. The maximum absolute atomic E-state index is 13.2. The lowest BCUT2D eigenvalue weighted by Crippen LogP contribution is -2.37. The monoisotopic (exact) mass is 364 g/mol. The van der Waals surface area contributed by atoms with Crippen molar-refractivity contribution in [3.63, 3.8) is 0 Å². The average molecular weight is 364 g/mol. The molecule has 134 valence electrons. The Morgan fingerprint density at radius 2 is 1.88 bits per heavy atom. The summed E-state index contributed by atoms with van der Waals surface area (Å²) >= 11 is 0. The highest BCUT2D eigenvalue weighted by Crippen LogP contribution is 2.34. The molecule has 0 aliphatic rings. The Balaban J connectivity index is 2.58. The minimum atomic E-state index is -4.46. The Bertz CT molecular complexity index is 870. The van der Waals surface area contributed by atoms with Gasteiger partial charge in [-0.15, -0.1) is 0 Å². The fourth-order valence-corrected chi connectivity index (χ4v) is 3.48. The van der Waals surface area contributed by atoms with Crippen molar-refractivity contribution in [1.29, 1.82) is 0 Å². The molecule has 0 saturated heterocycles. The molecule has 0 saturated carbocycles. The van der Waals surface area contributed by atoms with Crippen LogP contribution in [0.25, 0.3) is 11.0 Å². The van der Waals surface area contributed by atoms with Crippen LogP contribution in [0.3, 0.4) is 0 Å². The third-order valence-corrected chi connectivity index (χ3v) is 4.87. The zero-order valence-corrected chi connectivity index (χ0v) is 14.5. The topological polar surface area (TPSA) is 66.0 Å². The molecule has 0 atom stereocenters. The zero-order valence-electron chi connectivity index (χ0n) is 13.6. The summed E-state index contributed by atoms with van der Waals surface area (Å²) < 4.78 is 75.2. The van der Waals surface area contributed by atoms with Gasteiger partial charge in [-0.2, -0.15) is 13.2 Å². The minimum Gasteiger partial charge on any atom is -0.748 e. The van der Waals surface area contributed by atoms with Gasteiger partial charge in [-0.1, -0.05) is 0 Å². The second-order valence-corrected chi connectivity index (χ2v) is 7.24. The van der Waals surface area contributed by atoms with Gasteiger partial charge < -0.3 is 4.55 Å². The van der Waals surface area contributed by atoms with Gasteiger partial charge in [0, 0.05) is 18.7 Å². The molecule has 2 rings (SSSR count). The second-order valence-electron chi connectivity index (χ2n) is 5.71. The molecular weight excluding hydrogens is 345 g/mol. The van der Waals surface area contributed by atoms with E-state index in [9.17, 15) is 26.1 Å². The van der Waals surface area contributed by atoms with Gasteiger partial charge in [0.15, 0.2) is 11.0 Å². The smallest absolute Gasteiger partial charge is 0.416 e. The minimum absolute atomic E-state index is 0.0510. The third kappa shape index (κ3) is 3.72.